The maximum absolute atomic E-state index is 11.6. The number of aromatic nitrogens is 2. The molecule has 0 bridgehead atoms. The molecule has 0 saturated carbocycles. The molecule has 2 rings (SSSR count). The molecule has 1 amide bonds. The van der Waals surface area contributed by atoms with E-state index in [1.807, 2.05) is 30.5 Å². The zero-order valence-corrected chi connectivity index (χ0v) is 10.5. The van der Waals surface area contributed by atoms with Crippen LogP contribution in [0, 0.1) is 0 Å². The maximum atomic E-state index is 11.6. The molecule has 0 unspecified atom stereocenters. The summed E-state index contributed by atoms with van der Waals surface area (Å²) in [5.74, 6) is 0.0113. The van der Waals surface area contributed by atoms with Gasteiger partial charge in [0, 0.05) is 31.5 Å². The Kier molecular flexibility index (Phi) is 3.32. The zero-order chi connectivity index (χ0) is 13.1. The number of nitrogen functional groups attached to an aromatic ring is 1. The number of likely N-dealkylation sites (N-methyl/N-ethyl adjacent to an activating group) is 1. The lowest BCUT2D eigenvalue weighted by molar-refractivity contribution is -0.129. The van der Waals surface area contributed by atoms with E-state index < -0.39 is 0 Å². The van der Waals surface area contributed by atoms with Gasteiger partial charge in [-0.1, -0.05) is 12.1 Å². The minimum Gasteiger partial charge on any atom is -0.399 e. The van der Waals surface area contributed by atoms with Gasteiger partial charge in [0.15, 0.2) is 0 Å². The number of amides is 1. The van der Waals surface area contributed by atoms with E-state index in [2.05, 4.69) is 5.10 Å². The lowest BCUT2D eigenvalue weighted by atomic mass is 10.1. The van der Waals surface area contributed by atoms with Crippen LogP contribution in [0.5, 0.6) is 0 Å². The lowest BCUT2D eigenvalue weighted by Gasteiger charge is -2.09. The van der Waals surface area contributed by atoms with Crippen molar-refractivity contribution in [2.45, 2.75) is 6.54 Å². The molecule has 18 heavy (non-hydrogen) atoms. The van der Waals surface area contributed by atoms with Crippen molar-refractivity contribution in [3.05, 3.63) is 36.7 Å². The average molecular weight is 244 g/mol. The summed E-state index contributed by atoms with van der Waals surface area (Å²) >= 11 is 0. The van der Waals surface area contributed by atoms with Crippen molar-refractivity contribution in [1.82, 2.24) is 14.7 Å². The first-order chi connectivity index (χ1) is 8.56. The van der Waals surface area contributed by atoms with Crippen LogP contribution in [0.15, 0.2) is 36.7 Å². The standard InChI is InChI=1S/C13H16N4O/c1-16(2)13(18)9-17-8-11(7-15-17)10-4-3-5-12(14)6-10/h3-8H,9,14H2,1-2H3. The fourth-order valence-electron chi connectivity index (χ4n) is 1.60. The molecular weight excluding hydrogens is 228 g/mol. The van der Waals surface area contributed by atoms with Crippen molar-refractivity contribution < 1.29 is 4.79 Å². The van der Waals surface area contributed by atoms with Gasteiger partial charge in [-0.05, 0) is 17.7 Å². The Bertz CT molecular complexity index is 560. The number of rotatable bonds is 3. The Morgan fingerprint density at radius 2 is 2.17 bits per heavy atom. The van der Waals surface area contributed by atoms with Crippen LogP contribution in [0.2, 0.25) is 0 Å². The number of carbonyl (C=O) groups excluding carboxylic acids is 1. The molecule has 1 aromatic heterocycles. The highest BCUT2D eigenvalue weighted by Gasteiger charge is 2.07. The Labute approximate surface area is 106 Å². The smallest absolute Gasteiger partial charge is 0.243 e. The van der Waals surface area contributed by atoms with Gasteiger partial charge in [-0.25, -0.2) is 0 Å². The first-order valence-electron chi connectivity index (χ1n) is 5.65. The Hall–Kier alpha value is -2.30. The average Bonchev–Trinajstić information content (AvgIpc) is 2.77. The Balaban J connectivity index is 2.18. The van der Waals surface area contributed by atoms with Crippen LogP contribution in [-0.2, 0) is 11.3 Å². The third-order valence-corrected chi connectivity index (χ3v) is 2.65. The van der Waals surface area contributed by atoms with E-state index in [0.29, 0.717) is 5.69 Å². The molecule has 94 valence electrons. The first-order valence-corrected chi connectivity index (χ1v) is 5.65. The van der Waals surface area contributed by atoms with Gasteiger partial charge in [-0.3, -0.25) is 9.48 Å². The number of anilines is 1. The molecule has 2 N–H and O–H groups in total. The summed E-state index contributed by atoms with van der Waals surface area (Å²) in [7, 11) is 3.45. The van der Waals surface area contributed by atoms with Crippen molar-refractivity contribution in [3.8, 4) is 11.1 Å². The molecule has 0 saturated heterocycles. The number of nitrogens with two attached hydrogens (primary N) is 1. The summed E-state index contributed by atoms with van der Waals surface area (Å²) in [4.78, 5) is 13.1. The monoisotopic (exact) mass is 244 g/mol. The van der Waals surface area contributed by atoms with Crippen molar-refractivity contribution in [1.29, 1.82) is 0 Å². The highest BCUT2D eigenvalue weighted by Crippen LogP contribution is 2.20. The van der Waals surface area contributed by atoms with Crippen LogP contribution in [0.25, 0.3) is 11.1 Å². The van der Waals surface area contributed by atoms with Crippen LogP contribution in [0.1, 0.15) is 0 Å². The summed E-state index contributed by atoms with van der Waals surface area (Å²) in [5, 5.41) is 4.17. The van der Waals surface area contributed by atoms with E-state index in [1.54, 1.807) is 29.9 Å². The molecule has 0 fully saturated rings. The molecule has 0 aliphatic carbocycles. The molecule has 2 aromatic rings. The number of hydrogen-bond acceptors (Lipinski definition) is 3. The van der Waals surface area contributed by atoms with E-state index >= 15 is 0 Å². The largest absolute Gasteiger partial charge is 0.399 e. The summed E-state index contributed by atoms with van der Waals surface area (Å²) < 4.78 is 1.63. The van der Waals surface area contributed by atoms with Gasteiger partial charge in [0.1, 0.15) is 6.54 Å². The van der Waals surface area contributed by atoms with Crippen LogP contribution in [0.4, 0.5) is 5.69 Å². The number of hydrogen-bond donors (Lipinski definition) is 1. The van der Waals surface area contributed by atoms with Gasteiger partial charge in [0.25, 0.3) is 0 Å². The molecule has 5 heteroatoms. The predicted octanol–water partition coefficient (Wildman–Crippen LogP) is 1.22. The van der Waals surface area contributed by atoms with Gasteiger partial charge in [-0.2, -0.15) is 5.10 Å². The number of nitrogens with zero attached hydrogens (tertiary/aromatic N) is 3. The van der Waals surface area contributed by atoms with E-state index in [0.717, 1.165) is 11.1 Å². The third-order valence-electron chi connectivity index (χ3n) is 2.65. The summed E-state index contributed by atoms with van der Waals surface area (Å²) in [6.07, 6.45) is 3.58. The molecule has 1 heterocycles. The van der Waals surface area contributed by atoms with Crippen molar-refractivity contribution >= 4 is 11.6 Å². The van der Waals surface area contributed by atoms with Gasteiger partial charge >= 0.3 is 0 Å². The van der Waals surface area contributed by atoms with Gasteiger partial charge < -0.3 is 10.6 Å². The second-order valence-electron chi connectivity index (χ2n) is 4.34. The lowest BCUT2D eigenvalue weighted by Crippen LogP contribution is -2.26. The van der Waals surface area contributed by atoms with E-state index in [-0.39, 0.29) is 12.5 Å². The van der Waals surface area contributed by atoms with E-state index in [1.165, 1.54) is 0 Å². The minimum atomic E-state index is 0.0113. The molecule has 1 aromatic carbocycles. The fraction of sp³-hybridized carbons (Fsp3) is 0.231. The summed E-state index contributed by atoms with van der Waals surface area (Å²) in [6, 6.07) is 7.58. The van der Waals surface area contributed by atoms with Crippen molar-refractivity contribution in [2.75, 3.05) is 19.8 Å². The van der Waals surface area contributed by atoms with Gasteiger partial charge in [0.05, 0.1) is 6.20 Å². The number of carbonyl (C=O) groups is 1. The number of benzene rings is 1. The van der Waals surface area contributed by atoms with Gasteiger partial charge in [-0.15, -0.1) is 0 Å². The molecule has 0 aliphatic rings. The zero-order valence-electron chi connectivity index (χ0n) is 10.5. The van der Waals surface area contributed by atoms with E-state index in [4.69, 9.17) is 5.73 Å². The predicted molar refractivity (Wildman–Crippen MR) is 70.8 cm³/mol. The van der Waals surface area contributed by atoms with Crippen LogP contribution in [-0.4, -0.2) is 34.7 Å². The highest BCUT2D eigenvalue weighted by molar-refractivity contribution is 5.75. The summed E-state index contributed by atoms with van der Waals surface area (Å²) in [5.41, 5.74) is 8.40. The van der Waals surface area contributed by atoms with Crippen LogP contribution >= 0.6 is 0 Å². The van der Waals surface area contributed by atoms with Crippen molar-refractivity contribution in [2.24, 2.45) is 0 Å². The molecule has 0 spiro atoms. The molecule has 0 atom stereocenters. The molecular formula is C13H16N4O. The van der Waals surface area contributed by atoms with Crippen LogP contribution in [0.3, 0.4) is 0 Å². The topological polar surface area (TPSA) is 64.2 Å². The molecule has 0 radical (unpaired) electrons. The normalized spacial score (nSPS) is 10.3. The SMILES string of the molecule is CN(C)C(=O)Cn1cc(-c2cccc(N)c2)cn1. The van der Waals surface area contributed by atoms with Crippen molar-refractivity contribution in [3.63, 3.8) is 0 Å². The molecule has 5 nitrogen and oxygen atoms in total. The second-order valence-corrected chi connectivity index (χ2v) is 4.34. The van der Waals surface area contributed by atoms with E-state index in [9.17, 15) is 4.79 Å². The third kappa shape index (κ3) is 2.68. The van der Waals surface area contributed by atoms with Gasteiger partial charge in [0.2, 0.25) is 5.91 Å². The maximum Gasteiger partial charge on any atom is 0.243 e. The Morgan fingerprint density at radius 3 is 2.83 bits per heavy atom. The highest BCUT2D eigenvalue weighted by atomic mass is 16.2. The Morgan fingerprint density at radius 1 is 1.39 bits per heavy atom. The minimum absolute atomic E-state index is 0.0113. The quantitative estimate of drug-likeness (QED) is 0.826. The van der Waals surface area contributed by atoms with Crippen LogP contribution < -0.4 is 5.73 Å². The first kappa shape index (κ1) is 12.2. The fourth-order valence-corrected chi connectivity index (χ4v) is 1.60. The second kappa shape index (κ2) is 4.91. The molecule has 0 aliphatic heterocycles. The summed E-state index contributed by atoms with van der Waals surface area (Å²) in [6.45, 7) is 0.245.